The van der Waals surface area contributed by atoms with Gasteiger partial charge in [0.1, 0.15) is 0 Å². The summed E-state index contributed by atoms with van der Waals surface area (Å²) in [6.45, 7) is 4.26. The molecule has 1 aromatic carbocycles. The van der Waals surface area contributed by atoms with Crippen LogP contribution in [0, 0.1) is 0 Å². The Morgan fingerprint density at radius 1 is 1.32 bits per heavy atom. The fourth-order valence-electron chi connectivity index (χ4n) is 3.50. The van der Waals surface area contributed by atoms with E-state index in [1.807, 2.05) is 11.0 Å². The van der Waals surface area contributed by atoms with Gasteiger partial charge in [-0.15, -0.1) is 12.4 Å². The normalized spacial score (nSPS) is 22.1. The number of carbonyl (C=O) groups excluding carboxylic acids is 1. The van der Waals surface area contributed by atoms with E-state index in [9.17, 15) is 4.79 Å². The first kappa shape index (κ1) is 20.3. The Balaban J connectivity index is 0.00000225. The number of nitrogens with one attached hydrogen (secondary N) is 1. The number of amides is 1. The molecule has 140 valence electrons. The molecule has 2 fully saturated rings. The highest BCUT2D eigenvalue weighted by atomic mass is 79.9. The number of nitrogens with zero attached hydrogens (tertiary/aromatic N) is 1. The summed E-state index contributed by atoms with van der Waals surface area (Å²) < 4.78 is 11.9. The van der Waals surface area contributed by atoms with E-state index in [-0.39, 0.29) is 18.3 Å². The monoisotopic (exact) mass is 432 g/mol. The summed E-state index contributed by atoms with van der Waals surface area (Å²) >= 11 is 3.52. The molecule has 2 atom stereocenters. The minimum Gasteiger partial charge on any atom is -0.493 e. The summed E-state index contributed by atoms with van der Waals surface area (Å²) in [5, 5.41) is 3.61. The smallest absolute Gasteiger partial charge is 0.254 e. The molecule has 0 aromatic heterocycles. The third kappa shape index (κ3) is 4.60. The van der Waals surface area contributed by atoms with E-state index in [4.69, 9.17) is 9.47 Å². The number of rotatable bonds is 5. The van der Waals surface area contributed by atoms with E-state index in [0.717, 1.165) is 36.8 Å². The van der Waals surface area contributed by atoms with E-state index in [2.05, 4.69) is 28.2 Å². The Kier molecular flexibility index (Phi) is 7.40. The number of hydrogen-bond acceptors (Lipinski definition) is 4. The molecule has 3 rings (SSSR count). The van der Waals surface area contributed by atoms with E-state index in [0.29, 0.717) is 35.8 Å². The van der Waals surface area contributed by atoms with Crippen LogP contribution in [-0.4, -0.2) is 49.7 Å². The molecule has 0 aliphatic carbocycles. The van der Waals surface area contributed by atoms with Crippen LogP contribution in [0.15, 0.2) is 16.6 Å². The Hall–Kier alpha value is -0.980. The van der Waals surface area contributed by atoms with Crippen molar-refractivity contribution in [2.24, 2.45) is 0 Å². The predicted octanol–water partition coefficient (Wildman–Crippen LogP) is 3.63. The highest BCUT2D eigenvalue weighted by molar-refractivity contribution is 9.10. The van der Waals surface area contributed by atoms with Crippen LogP contribution in [0.2, 0.25) is 0 Å². The first-order valence-corrected chi connectivity index (χ1v) is 9.47. The van der Waals surface area contributed by atoms with Gasteiger partial charge in [0.2, 0.25) is 0 Å². The predicted molar refractivity (Wildman–Crippen MR) is 104 cm³/mol. The lowest BCUT2D eigenvalue weighted by Crippen LogP contribution is -2.39. The SMILES string of the molecule is CCCOc1c(Br)cc(C(=O)N2CCC3CCC(C2)N3)cc1OC.Cl. The first-order valence-electron chi connectivity index (χ1n) is 8.68. The number of ether oxygens (including phenoxy) is 2. The van der Waals surface area contributed by atoms with Crippen molar-refractivity contribution in [3.05, 3.63) is 22.2 Å². The molecule has 7 heteroatoms. The van der Waals surface area contributed by atoms with Crippen molar-refractivity contribution in [2.75, 3.05) is 26.8 Å². The van der Waals surface area contributed by atoms with Gasteiger partial charge in [-0.2, -0.15) is 0 Å². The zero-order valence-electron chi connectivity index (χ0n) is 14.7. The highest BCUT2D eigenvalue weighted by Gasteiger charge is 2.31. The Morgan fingerprint density at radius 3 is 2.80 bits per heavy atom. The minimum atomic E-state index is 0. The maximum atomic E-state index is 13.0. The van der Waals surface area contributed by atoms with Crippen molar-refractivity contribution in [2.45, 2.75) is 44.7 Å². The molecular formula is C18H26BrClN2O3. The van der Waals surface area contributed by atoms with Gasteiger partial charge in [-0.3, -0.25) is 4.79 Å². The van der Waals surface area contributed by atoms with Crippen molar-refractivity contribution >= 4 is 34.2 Å². The van der Waals surface area contributed by atoms with Gasteiger partial charge >= 0.3 is 0 Å². The molecule has 5 nitrogen and oxygen atoms in total. The fourth-order valence-corrected chi connectivity index (χ4v) is 4.05. The summed E-state index contributed by atoms with van der Waals surface area (Å²) in [6, 6.07) is 4.62. The number of carbonyl (C=O) groups is 1. The topological polar surface area (TPSA) is 50.8 Å². The lowest BCUT2D eigenvalue weighted by Gasteiger charge is -2.25. The van der Waals surface area contributed by atoms with E-state index in [1.165, 1.54) is 6.42 Å². The molecule has 2 heterocycles. The van der Waals surface area contributed by atoms with E-state index < -0.39 is 0 Å². The molecule has 2 unspecified atom stereocenters. The first-order chi connectivity index (χ1) is 11.6. The third-order valence-electron chi connectivity index (χ3n) is 4.74. The van der Waals surface area contributed by atoms with Crippen LogP contribution in [0.3, 0.4) is 0 Å². The lowest BCUT2D eigenvalue weighted by molar-refractivity contribution is 0.0747. The average Bonchev–Trinajstić information content (AvgIpc) is 2.91. The van der Waals surface area contributed by atoms with Crippen molar-refractivity contribution in [1.29, 1.82) is 0 Å². The van der Waals surface area contributed by atoms with Crippen LogP contribution >= 0.6 is 28.3 Å². The second-order valence-corrected chi connectivity index (χ2v) is 7.37. The van der Waals surface area contributed by atoms with Crippen molar-refractivity contribution in [3.8, 4) is 11.5 Å². The fraction of sp³-hybridized carbons (Fsp3) is 0.611. The van der Waals surface area contributed by atoms with Gasteiger partial charge in [-0.05, 0) is 53.7 Å². The van der Waals surface area contributed by atoms with Gasteiger partial charge in [-0.1, -0.05) is 6.92 Å². The summed E-state index contributed by atoms with van der Waals surface area (Å²) in [7, 11) is 1.60. The lowest BCUT2D eigenvalue weighted by atomic mass is 10.1. The average molecular weight is 434 g/mol. The molecule has 0 spiro atoms. The number of fused-ring (bicyclic) bond motifs is 2. The zero-order chi connectivity index (χ0) is 17.1. The second kappa shape index (κ2) is 9.10. The van der Waals surface area contributed by atoms with Crippen LogP contribution in [0.4, 0.5) is 0 Å². The van der Waals surface area contributed by atoms with Gasteiger partial charge in [0.25, 0.3) is 5.91 Å². The minimum absolute atomic E-state index is 0. The van der Waals surface area contributed by atoms with Gasteiger partial charge in [-0.25, -0.2) is 0 Å². The van der Waals surface area contributed by atoms with Gasteiger partial charge in [0.15, 0.2) is 11.5 Å². The van der Waals surface area contributed by atoms with Crippen LogP contribution in [0.5, 0.6) is 11.5 Å². The van der Waals surface area contributed by atoms with Crippen molar-refractivity contribution < 1.29 is 14.3 Å². The standard InChI is InChI=1S/C18H25BrN2O3.ClH/c1-3-8-24-17-15(19)9-12(10-16(17)23-2)18(22)21-7-6-13-4-5-14(11-21)20-13;/h9-10,13-14,20H,3-8,11H2,1-2H3;1H. The van der Waals surface area contributed by atoms with Crippen molar-refractivity contribution in [1.82, 2.24) is 10.2 Å². The zero-order valence-corrected chi connectivity index (χ0v) is 17.1. The molecule has 1 N–H and O–H groups in total. The van der Waals surface area contributed by atoms with Crippen molar-refractivity contribution in [3.63, 3.8) is 0 Å². The summed E-state index contributed by atoms with van der Waals surface area (Å²) in [5.41, 5.74) is 0.639. The highest BCUT2D eigenvalue weighted by Crippen LogP contribution is 2.37. The van der Waals surface area contributed by atoms with Gasteiger partial charge in [0, 0.05) is 30.7 Å². The molecule has 2 saturated heterocycles. The Bertz CT molecular complexity index is 614. The molecule has 0 radical (unpaired) electrons. The maximum Gasteiger partial charge on any atom is 0.254 e. The van der Waals surface area contributed by atoms with E-state index in [1.54, 1.807) is 13.2 Å². The number of benzene rings is 1. The second-order valence-electron chi connectivity index (χ2n) is 6.52. The quantitative estimate of drug-likeness (QED) is 0.770. The molecule has 2 aliphatic heterocycles. The summed E-state index contributed by atoms with van der Waals surface area (Å²) in [4.78, 5) is 14.9. The molecular weight excluding hydrogens is 408 g/mol. The number of hydrogen-bond donors (Lipinski definition) is 1. The molecule has 1 amide bonds. The van der Waals surface area contributed by atoms with Crippen LogP contribution in [-0.2, 0) is 0 Å². The summed E-state index contributed by atoms with van der Waals surface area (Å²) in [5.74, 6) is 1.31. The van der Waals surface area contributed by atoms with Crippen LogP contribution in [0.25, 0.3) is 0 Å². The number of likely N-dealkylation sites (tertiary alicyclic amines) is 1. The largest absolute Gasteiger partial charge is 0.493 e. The Morgan fingerprint density at radius 2 is 2.08 bits per heavy atom. The Labute approximate surface area is 164 Å². The molecule has 2 bridgehead atoms. The molecule has 2 aliphatic rings. The van der Waals surface area contributed by atoms with E-state index >= 15 is 0 Å². The maximum absolute atomic E-state index is 13.0. The van der Waals surface area contributed by atoms with Crippen LogP contribution < -0.4 is 14.8 Å². The molecule has 0 saturated carbocycles. The number of halogens is 2. The molecule has 25 heavy (non-hydrogen) atoms. The third-order valence-corrected chi connectivity index (χ3v) is 5.33. The van der Waals surface area contributed by atoms with Crippen LogP contribution in [0.1, 0.15) is 43.0 Å². The van der Waals surface area contributed by atoms with Gasteiger partial charge in [0.05, 0.1) is 18.2 Å². The molecule has 1 aromatic rings. The number of methoxy groups -OCH3 is 1. The van der Waals surface area contributed by atoms with Gasteiger partial charge < -0.3 is 19.7 Å². The summed E-state index contributed by atoms with van der Waals surface area (Å²) in [6.07, 6.45) is 4.33.